The molecule has 3 aliphatic heterocycles. The minimum atomic E-state index is 0.0120. The molecule has 4 fully saturated rings. The normalized spacial score (nSPS) is 33.7. The number of ether oxygens (including phenoxy) is 1. The molecule has 0 unspecified atom stereocenters. The molecule has 24 heavy (non-hydrogen) atoms. The molecule has 0 amide bonds. The number of rotatable bonds is 5. The Bertz CT molecular complexity index is 675. The number of aromatic amines is 1. The maximum absolute atomic E-state index is 6.17. The van der Waals surface area contributed by atoms with Crippen LogP contribution in [0.3, 0.4) is 0 Å². The minimum Gasteiger partial charge on any atom is -0.373 e. The van der Waals surface area contributed by atoms with E-state index in [2.05, 4.69) is 40.8 Å². The lowest BCUT2D eigenvalue weighted by molar-refractivity contribution is -0.0420. The van der Waals surface area contributed by atoms with Crippen molar-refractivity contribution in [1.82, 2.24) is 35.4 Å². The van der Waals surface area contributed by atoms with Gasteiger partial charge in [-0.3, -0.25) is 9.80 Å². The summed E-state index contributed by atoms with van der Waals surface area (Å²) in [6, 6.07) is 0. The van der Waals surface area contributed by atoms with Crippen molar-refractivity contribution in [2.45, 2.75) is 30.4 Å². The van der Waals surface area contributed by atoms with Gasteiger partial charge in [0.05, 0.1) is 24.2 Å². The number of fused-ring (bicyclic) bond motifs is 1. The maximum atomic E-state index is 6.17. The van der Waals surface area contributed by atoms with Crippen molar-refractivity contribution < 1.29 is 4.74 Å². The van der Waals surface area contributed by atoms with Gasteiger partial charge < -0.3 is 4.74 Å². The van der Waals surface area contributed by atoms with Gasteiger partial charge in [-0.2, -0.15) is 5.21 Å². The molecule has 1 aliphatic carbocycles. The first kappa shape index (κ1) is 14.9. The summed E-state index contributed by atoms with van der Waals surface area (Å²) in [7, 11) is 0. The lowest BCUT2D eigenvalue weighted by Gasteiger charge is -2.46. The monoisotopic (exact) mass is 347 g/mol. The van der Waals surface area contributed by atoms with E-state index in [1.807, 2.05) is 6.20 Å². The van der Waals surface area contributed by atoms with Gasteiger partial charge in [0.1, 0.15) is 5.01 Å². The molecule has 0 spiro atoms. The van der Waals surface area contributed by atoms with Crippen LogP contribution in [0.2, 0.25) is 0 Å². The van der Waals surface area contributed by atoms with Crippen LogP contribution < -0.4 is 0 Å². The second kappa shape index (κ2) is 5.55. The van der Waals surface area contributed by atoms with Gasteiger partial charge in [-0.1, -0.05) is 5.21 Å². The van der Waals surface area contributed by atoms with Crippen LogP contribution in [0.15, 0.2) is 11.6 Å². The van der Waals surface area contributed by atoms with Gasteiger partial charge >= 0.3 is 0 Å². The molecule has 2 aromatic rings. The van der Waals surface area contributed by atoms with E-state index >= 15 is 0 Å². The third-order valence-corrected chi connectivity index (χ3v) is 6.38. The third kappa shape index (κ3) is 2.46. The zero-order valence-electron chi connectivity index (χ0n) is 13.5. The highest BCUT2D eigenvalue weighted by atomic mass is 32.1. The molecular formula is C15H21N7OS. The number of H-pyrrole nitrogens is 1. The highest BCUT2D eigenvalue weighted by Crippen LogP contribution is 2.58. The summed E-state index contributed by atoms with van der Waals surface area (Å²) >= 11 is 1.74. The Labute approximate surface area is 144 Å². The SMILES string of the molecule is c1csc(CN2CCN(CC34CC(c5nn[nH]n5)(CO3)C4)CC2)n1. The van der Waals surface area contributed by atoms with Crippen molar-refractivity contribution >= 4 is 11.3 Å². The van der Waals surface area contributed by atoms with E-state index in [9.17, 15) is 0 Å². The van der Waals surface area contributed by atoms with Crippen molar-refractivity contribution in [3.63, 3.8) is 0 Å². The first-order valence-corrected chi connectivity index (χ1v) is 9.34. The summed E-state index contributed by atoms with van der Waals surface area (Å²) in [5, 5.41) is 17.9. The quantitative estimate of drug-likeness (QED) is 0.831. The predicted molar refractivity (Wildman–Crippen MR) is 87.6 cm³/mol. The Kier molecular flexibility index (Phi) is 3.44. The summed E-state index contributed by atoms with van der Waals surface area (Å²) in [6.45, 7) is 7.15. The maximum Gasteiger partial charge on any atom is 0.183 e. The largest absolute Gasteiger partial charge is 0.373 e. The second-order valence-electron chi connectivity index (χ2n) is 7.32. The first-order valence-electron chi connectivity index (χ1n) is 8.46. The van der Waals surface area contributed by atoms with Gasteiger partial charge in [0.15, 0.2) is 5.82 Å². The van der Waals surface area contributed by atoms with E-state index in [1.54, 1.807) is 11.3 Å². The van der Waals surface area contributed by atoms with Crippen LogP contribution in [0.25, 0.3) is 0 Å². The number of hydrogen-bond acceptors (Lipinski definition) is 8. The Morgan fingerprint density at radius 3 is 2.75 bits per heavy atom. The Balaban J connectivity index is 1.14. The molecule has 2 bridgehead atoms. The van der Waals surface area contributed by atoms with Crippen molar-refractivity contribution in [3.05, 3.63) is 22.4 Å². The number of aromatic nitrogens is 5. The van der Waals surface area contributed by atoms with Crippen LogP contribution in [0.4, 0.5) is 0 Å². The molecule has 0 radical (unpaired) electrons. The first-order chi connectivity index (χ1) is 11.8. The standard InChI is InChI=1S/C15H21N7OS/c1-6-24-12(16-1)7-21-2-4-22(5-3-21)10-15-8-14(9-15,11-23-15)13-17-19-20-18-13/h1,6H,2-5,7-11H2,(H,17,18,19,20). The smallest absolute Gasteiger partial charge is 0.183 e. The average Bonchev–Trinajstić information content (AvgIpc) is 3.32. The van der Waals surface area contributed by atoms with Crippen LogP contribution in [0.5, 0.6) is 0 Å². The summed E-state index contributed by atoms with van der Waals surface area (Å²) in [5.41, 5.74) is 0.0256. The van der Waals surface area contributed by atoms with E-state index in [4.69, 9.17) is 4.74 Å². The van der Waals surface area contributed by atoms with Gasteiger partial charge in [-0.25, -0.2) is 4.98 Å². The van der Waals surface area contributed by atoms with E-state index < -0.39 is 0 Å². The molecule has 3 saturated heterocycles. The molecule has 8 nitrogen and oxygen atoms in total. The Morgan fingerprint density at radius 1 is 1.21 bits per heavy atom. The van der Waals surface area contributed by atoms with Gasteiger partial charge in [0.25, 0.3) is 0 Å². The molecule has 9 heteroatoms. The summed E-state index contributed by atoms with van der Waals surface area (Å²) in [4.78, 5) is 9.42. The van der Waals surface area contributed by atoms with Crippen molar-refractivity contribution in [1.29, 1.82) is 0 Å². The lowest BCUT2D eigenvalue weighted by Crippen LogP contribution is -2.57. The van der Waals surface area contributed by atoms with E-state index in [1.165, 1.54) is 5.01 Å². The van der Waals surface area contributed by atoms with Gasteiger partial charge in [0.2, 0.25) is 0 Å². The molecule has 128 valence electrons. The van der Waals surface area contributed by atoms with Gasteiger partial charge in [0, 0.05) is 44.3 Å². The molecule has 0 atom stereocenters. The number of hydrogen-bond donors (Lipinski definition) is 1. The van der Waals surface area contributed by atoms with Crippen molar-refractivity contribution in [2.75, 3.05) is 39.3 Å². The number of piperazine rings is 1. The molecule has 2 aromatic heterocycles. The molecule has 0 aromatic carbocycles. The molecule has 6 rings (SSSR count). The van der Waals surface area contributed by atoms with Crippen molar-refractivity contribution in [3.8, 4) is 0 Å². The highest BCUT2D eigenvalue weighted by Gasteiger charge is 2.65. The highest BCUT2D eigenvalue weighted by molar-refractivity contribution is 7.09. The molecule has 1 N–H and O–H groups in total. The van der Waals surface area contributed by atoms with E-state index in [0.717, 1.165) is 64.5 Å². The summed E-state index contributed by atoms with van der Waals surface area (Å²) in [5.74, 6) is 0.823. The van der Waals surface area contributed by atoms with Crippen LogP contribution in [0.1, 0.15) is 23.7 Å². The van der Waals surface area contributed by atoms with E-state index in [-0.39, 0.29) is 11.0 Å². The number of thiazole rings is 1. The third-order valence-electron chi connectivity index (χ3n) is 5.61. The fraction of sp³-hybridized carbons (Fsp3) is 0.733. The van der Waals surface area contributed by atoms with Crippen LogP contribution in [-0.2, 0) is 16.7 Å². The van der Waals surface area contributed by atoms with E-state index in [0.29, 0.717) is 0 Å². The second-order valence-corrected chi connectivity index (χ2v) is 8.30. The number of nitrogens with one attached hydrogen (secondary N) is 1. The fourth-order valence-corrected chi connectivity index (χ4v) is 5.14. The fourth-order valence-electron chi connectivity index (χ4n) is 4.48. The summed E-state index contributed by atoms with van der Waals surface area (Å²) in [6.07, 6.45) is 3.94. The Hall–Kier alpha value is -1.42. The molecular weight excluding hydrogens is 326 g/mol. The molecule has 5 heterocycles. The van der Waals surface area contributed by atoms with Crippen molar-refractivity contribution in [2.24, 2.45) is 0 Å². The zero-order chi connectivity index (χ0) is 16.0. The number of nitrogens with zero attached hydrogens (tertiary/aromatic N) is 6. The van der Waals surface area contributed by atoms with Gasteiger partial charge in [-0.15, -0.1) is 21.5 Å². The topological polar surface area (TPSA) is 83.1 Å². The zero-order valence-corrected chi connectivity index (χ0v) is 14.3. The van der Waals surface area contributed by atoms with Gasteiger partial charge in [-0.05, 0) is 12.8 Å². The Morgan fingerprint density at radius 2 is 2.04 bits per heavy atom. The van der Waals surface area contributed by atoms with Crippen LogP contribution in [0, 0.1) is 0 Å². The average molecular weight is 347 g/mol. The predicted octanol–water partition coefficient (Wildman–Crippen LogP) is 0.275. The van der Waals surface area contributed by atoms with Crippen LogP contribution in [-0.4, -0.2) is 80.3 Å². The van der Waals surface area contributed by atoms with Crippen LogP contribution >= 0.6 is 11.3 Å². The minimum absolute atomic E-state index is 0.0120. The molecule has 1 saturated carbocycles. The number of tetrazole rings is 1. The summed E-state index contributed by atoms with van der Waals surface area (Å²) < 4.78 is 6.17. The lowest BCUT2D eigenvalue weighted by atomic mass is 9.62. The molecule has 4 aliphatic rings.